The number of rotatable bonds is 6. The summed E-state index contributed by atoms with van der Waals surface area (Å²) >= 11 is 0. The molecule has 0 N–H and O–H groups in total. The zero-order valence-electron chi connectivity index (χ0n) is 10.9. The van der Waals surface area contributed by atoms with Crippen LogP contribution in [0.4, 0.5) is 0 Å². The van der Waals surface area contributed by atoms with Crippen LogP contribution in [0.15, 0.2) is 12.7 Å². The molecule has 2 aliphatic rings. The molecule has 0 aromatic carbocycles. The van der Waals surface area contributed by atoms with Gasteiger partial charge in [-0.25, -0.2) is 0 Å². The standard InChI is InChI=1S/C15H27P/c1-3-5-6-13-16-14-8-7-11-15(16,10-4-2)12-9-14/h4,14H,2-3,5-13H2,1H3. The summed E-state index contributed by atoms with van der Waals surface area (Å²) in [4.78, 5) is 0. The van der Waals surface area contributed by atoms with Crippen LogP contribution in [0, 0.1) is 0 Å². The minimum Gasteiger partial charge on any atom is -0.103 e. The molecule has 2 saturated heterocycles. The first-order chi connectivity index (χ1) is 7.82. The second kappa shape index (κ2) is 5.67. The smallest absolute Gasteiger partial charge is 0.00574 e. The lowest BCUT2D eigenvalue weighted by Crippen LogP contribution is -2.27. The van der Waals surface area contributed by atoms with Crippen molar-refractivity contribution in [1.82, 2.24) is 0 Å². The van der Waals surface area contributed by atoms with Crippen LogP contribution in [-0.2, 0) is 0 Å². The van der Waals surface area contributed by atoms with Gasteiger partial charge in [0.25, 0.3) is 0 Å². The van der Waals surface area contributed by atoms with E-state index in [9.17, 15) is 0 Å². The zero-order chi connectivity index (χ0) is 11.4. The van der Waals surface area contributed by atoms with Gasteiger partial charge in [-0.2, -0.15) is 0 Å². The third-order valence-electron chi connectivity index (χ3n) is 4.70. The van der Waals surface area contributed by atoms with Gasteiger partial charge in [-0.15, -0.1) is 6.58 Å². The first kappa shape index (κ1) is 12.6. The summed E-state index contributed by atoms with van der Waals surface area (Å²) in [5, 5.41) is 0.758. The third-order valence-corrected chi connectivity index (χ3v) is 8.74. The molecule has 2 fully saturated rings. The minimum absolute atomic E-state index is 0.344. The summed E-state index contributed by atoms with van der Waals surface area (Å²) in [5.41, 5.74) is 1.14. The number of unbranched alkanes of at least 4 members (excludes halogenated alkanes) is 2. The Balaban J connectivity index is 1.99. The Morgan fingerprint density at radius 2 is 2.19 bits per heavy atom. The van der Waals surface area contributed by atoms with Gasteiger partial charge in [0.1, 0.15) is 0 Å². The maximum Gasteiger partial charge on any atom is -0.00574 e. The van der Waals surface area contributed by atoms with Gasteiger partial charge >= 0.3 is 0 Å². The topological polar surface area (TPSA) is 0 Å². The number of fused-ring (bicyclic) bond motifs is 2. The van der Waals surface area contributed by atoms with Crippen LogP contribution < -0.4 is 0 Å². The predicted octanol–water partition coefficient (Wildman–Crippen LogP) is 5.32. The Labute approximate surface area is 103 Å². The van der Waals surface area contributed by atoms with Crippen molar-refractivity contribution in [1.29, 1.82) is 0 Å². The van der Waals surface area contributed by atoms with Crippen LogP contribution >= 0.6 is 7.92 Å². The van der Waals surface area contributed by atoms with E-state index in [0.29, 0.717) is 7.92 Å². The molecule has 2 bridgehead atoms. The van der Waals surface area contributed by atoms with E-state index < -0.39 is 0 Å². The van der Waals surface area contributed by atoms with Gasteiger partial charge in [0.2, 0.25) is 0 Å². The van der Waals surface area contributed by atoms with E-state index in [1.165, 1.54) is 44.9 Å². The molecule has 0 spiro atoms. The first-order valence-corrected chi connectivity index (χ1v) is 8.79. The summed E-state index contributed by atoms with van der Waals surface area (Å²) in [6, 6.07) is 0. The maximum atomic E-state index is 4.01. The fourth-order valence-electron chi connectivity index (χ4n) is 3.90. The second-order valence-corrected chi connectivity index (χ2v) is 8.77. The molecule has 2 heterocycles. The molecule has 2 rings (SSSR count). The van der Waals surface area contributed by atoms with Gasteiger partial charge in [-0.05, 0) is 55.5 Å². The highest BCUT2D eigenvalue weighted by Gasteiger charge is 2.48. The average Bonchev–Trinajstić information content (AvgIpc) is 2.49. The molecule has 16 heavy (non-hydrogen) atoms. The van der Waals surface area contributed by atoms with E-state index >= 15 is 0 Å². The van der Waals surface area contributed by atoms with Crippen molar-refractivity contribution in [2.45, 2.75) is 75.5 Å². The van der Waals surface area contributed by atoms with Gasteiger partial charge in [-0.3, -0.25) is 0 Å². The van der Waals surface area contributed by atoms with E-state index in [2.05, 4.69) is 19.6 Å². The molecule has 0 radical (unpaired) electrons. The fourth-order valence-corrected chi connectivity index (χ4v) is 8.24. The molecule has 0 saturated carbocycles. The highest BCUT2D eigenvalue weighted by Crippen LogP contribution is 2.70. The third kappa shape index (κ3) is 2.37. The van der Waals surface area contributed by atoms with Crippen molar-refractivity contribution < 1.29 is 0 Å². The van der Waals surface area contributed by atoms with Crippen molar-refractivity contribution in [3.05, 3.63) is 12.7 Å². The van der Waals surface area contributed by atoms with Crippen molar-refractivity contribution in [3.8, 4) is 0 Å². The summed E-state index contributed by atoms with van der Waals surface area (Å²) in [7, 11) is 0.344. The van der Waals surface area contributed by atoms with Crippen molar-refractivity contribution >= 4 is 7.92 Å². The SMILES string of the molecule is C=CCC12CCCC(CC1)P2CCCCC. The molecule has 0 amide bonds. The van der Waals surface area contributed by atoms with Gasteiger partial charge < -0.3 is 0 Å². The van der Waals surface area contributed by atoms with E-state index in [0.717, 1.165) is 10.8 Å². The Kier molecular flexibility index (Phi) is 4.48. The molecule has 3 unspecified atom stereocenters. The lowest BCUT2D eigenvalue weighted by molar-refractivity contribution is 0.510. The van der Waals surface area contributed by atoms with Crippen LogP contribution in [0.3, 0.4) is 0 Å². The Bertz CT molecular complexity index is 232. The van der Waals surface area contributed by atoms with Crippen molar-refractivity contribution in [2.24, 2.45) is 0 Å². The molecule has 2 aliphatic heterocycles. The van der Waals surface area contributed by atoms with Crippen LogP contribution in [0.5, 0.6) is 0 Å². The van der Waals surface area contributed by atoms with E-state index in [-0.39, 0.29) is 0 Å². The first-order valence-electron chi connectivity index (χ1n) is 7.20. The highest BCUT2D eigenvalue weighted by atomic mass is 31.1. The van der Waals surface area contributed by atoms with Gasteiger partial charge in [0.15, 0.2) is 0 Å². The van der Waals surface area contributed by atoms with E-state index in [1.807, 2.05) is 0 Å². The summed E-state index contributed by atoms with van der Waals surface area (Å²) in [5.74, 6) is 0. The highest BCUT2D eigenvalue weighted by molar-refractivity contribution is 7.60. The summed E-state index contributed by atoms with van der Waals surface area (Å²) < 4.78 is 0. The molecule has 0 aromatic heterocycles. The summed E-state index contributed by atoms with van der Waals surface area (Å²) in [6.07, 6.45) is 17.1. The monoisotopic (exact) mass is 238 g/mol. The van der Waals surface area contributed by atoms with Crippen LogP contribution in [0.1, 0.15) is 64.7 Å². The normalized spacial score (nSPS) is 37.6. The number of hydrogen-bond donors (Lipinski definition) is 0. The molecule has 0 aromatic rings. The van der Waals surface area contributed by atoms with Gasteiger partial charge in [0, 0.05) is 0 Å². The molecule has 3 atom stereocenters. The Morgan fingerprint density at radius 1 is 1.31 bits per heavy atom. The Morgan fingerprint density at radius 3 is 2.94 bits per heavy atom. The van der Waals surface area contributed by atoms with Crippen molar-refractivity contribution in [2.75, 3.05) is 6.16 Å². The predicted molar refractivity (Wildman–Crippen MR) is 75.7 cm³/mol. The zero-order valence-corrected chi connectivity index (χ0v) is 11.8. The lowest BCUT2D eigenvalue weighted by Gasteiger charge is -2.42. The summed E-state index contributed by atoms with van der Waals surface area (Å²) in [6.45, 7) is 6.33. The molecule has 0 aliphatic carbocycles. The molecule has 92 valence electrons. The van der Waals surface area contributed by atoms with E-state index in [1.54, 1.807) is 19.0 Å². The number of hydrogen-bond acceptors (Lipinski definition) is 0. The fraction of sp³-hybridized carbons (Fsp3) is 0.867. The Hall–Kier alpha value is 0.170. The molecule has 0 nitrogen and oxygen atoms in total. The van der Waals surface area contributed by atoms with Crippen molar-refractivity contribution in [3.63, 3.8) is 0 Å². The minimum atomic E-state index is 0.344. The maximum absolute atomic E-state index is 4.01. The number of allylic oxidation sites excluding steroid dienone is 1. The van der Waals surface area contributed by atoms with E-state index in [4.69, 9.17) is 0 Å². The van der Waals surface area contributed by atoms with Gasteiger partial charge in [-0.1, -0.05) is 40.2 Å². The quantitative estimate of drug-likeness (QED) is 0.334. The second-order valence-electron chi connectivity index (χ2n) is 5.70. The molecule has 1 heteroatoms. The molecular weight excluding hydrogens is 211 g/mol. The average molecular weight is 238 g/mol. The van der Waals surface area contributed by atoms with Gasteiger partial charge in [0.05, 0.1) is 0 Å². The van der Waals surface area contributed by atoms with Crippen LogP contribution in [0.2, 0.25) is 0 Å². The molecular formula is C15H27P. The van der Waals surface area contributed by atoms with Crippen LogP contribution in [-0.4, -0.2) is 17.0 Å². The van der Waals surface area contributed by atoms with Crippen LogP contribution in [0.25, 0.3) is 0 Å². The largest absolute Gasteiger partial charge is 0.103 e. The lowest BCUT2D eigenvalue weighted by atomic mass is 9.96.